The number of likely N-dealkylation sites (tertiary alicyclic amines) is 1. The van der Waals surface area contributed by atoms with E-state index in [1.807, 2.05) is 35.2 Å². The molecule has 0 N–H and O–H groups in total. The number of carbonyl (C=O) groups is 1. The number of rotatable bonds is 4. The van der Waals surface area contributed by atoms with Crippen molar-refractivity contribution in [2.75, 3.05) is 6.54 Å². The van der Waals surface area contributed by atoms with Crippen LogP contribution < -0.4 is 0 Å². The minimum absolute atomic E-state index is 0.0578. The second kappa shape index (κ2) is 6.67. The second-order valence-corrected chi connectivity index (χ2v) is 7.09. The van der Waals surface area contributed by atoms with Crippen molar-refractivity contribution in [3.63, 3.8) is 0 Å². The van der Waals surface area contributed by atoms with Crippen LogP contribution in [0.3, 0.4) is 0 Å². The molecular weight excluding hydrogens is 346 g/mol. The molecule has 1 heterocycles. The van der Waals surface area contributed by atoms with Crippen LogP contribution in [0.25, 0.3) is 0 Å². The van der Waals surface area contributed by atoms with Crippen LogP contribution in [0.4, 0.5) is 0 Å². The van der Waals surface area contributed by atoms with Crippen molar-refractivity contribution in [3.8, 4) is 0 Å². The van der Waals surface area contributed by atoms with Crippen molar-refractivity contribution >= 4 is 33.6 Å². The minimum Gasteiger partial charge on any atom is -0.326 e. The van der Waals surface area contributed by atoms with Crippen molar-refractivity contribution in [2.45, 2.75) is 23.1 Å². The van der Waals surface area contributed by atoms with Crippen LogP contribution in [0.15, 0.2) is 64.0 Å². The van der Waals surface area contributed by atoms with Gasteiger partial charge in [-0.15, -0.1) is 0 Å². The number of amides is 1. The van der Waals surface area contributed by atoms with Crippen molar-refractivity contribution in [3.05, 3.63) is 64.6 Å². The number of benzene rings is 2. The summed E-state index contributed by atoms with van der Waals surface area (Å²) in [6.07, 6.45) is 1.63. The summed E-state index contributed by atoms with van der Waals surface area (Å²) in [5.74, 6) is 0.258. The van der Waals surface area contributed by atoms with Gasteiger partial charge >= 0.3 is 0 Å². The lowest BCUT2D eigenvalue weighted by molar-refractivity contribution is -0.128. The van der Waals surface area contributed by atoms with Crippen LogP contribution in [0.2, 0.25) is 0 Å². The normalized spacial score (nSPS) is 16.2. The predicted octanol–water partition coefficient (Wildman–Crippen LogP) is 4.86. The van der Waals surface area contributed by atoms with E-state index in [0.29, 0.717) is 6.42 Å². The van der Waals surface area contributed by atoms with E-state index in [4.69, 9.17) is 0 Å². The highest BCUT2D eigenvalue weighted by Gasteiger charge is 2.29. The molecule has 0 bridgehead atoms. The van der Waals surface area contributed by atoms with E-state index >= 15 is 0 Å². The molecule has 3 rings (SSSR count). The highest BCUT2D eigenvalue weighted by molar-refractivity contribution is 9.10. The van der Waals surface area contributed by atoms with Gasteiger partial charge in [-0.1, -0.05) is 58.0 Å². The van der Waals surface area contributed by atoms with E-state index < -0.39 is 0 Å². The van der Waals surface area contributed by atoms with Crippen molar-refractivity contribution in [1.29, 1.82) is 0 Å². The monoisotopic (exact) mass is 361 g/mol. The quantitative estimate of drug-likeness (QED) is 0.724. The van der Waals surface area contributed by atoms with E-state index in [1.165, 1.54) is 10.5 Å². The number of nitrogens with zero attached hydrogens (tertiary/aromatic N) is 1. The van der Waals surface area contributed by atoms with Gasteiger partial charge in [0.1, 0.15) is 5.37 Å². The van der Waals surface area contributed by atoms with E-state index in [9.17, 15) is 4.79 Å². The molecule has 1 aliphatic heterocycles. The van der Waals surface area contributed by atoms with Gasteiger partial charge in [0.05, 0.1) is 0 Å². The largest absolute Gasteiger partial charge is 0.326 e. The summed E-state index contributed by atoms with van der Waals surface area (Å²) in [6.45, 7) is 0.849. The molecule has 0 aliphatic carbocycles. The summed E-state index contributed by atoms with van der Waals surface area (Å²) in [5.41, 5.74) is 1.18. The van der Waals surface area contributed by atoms with E-state index in [1.54, 1.807) is 11.8 Å². The summed E-state index contributed by atoms with van der Waals surface area (Å²) in [6, 6.07) is 18.5. The first-order valence-electron chi connectivity index (χ1n) is 7.01. The maximum absolute atomic E-state index is 12.1. The summed E-state index contributed by atoms with van der Waals surface area (Å²) < 4.78 is 1.07. The Morgan fingerprint density at radius 2 is 1.76 bits per heavy atom. The minimum atomic E-state index is 0.0578. The molecule has 1 amide bonds. The van der Waals surface area contributed by atoms with E-state index in [-0.39, 0.29) is 11.3 Å². The standard InChI is InChI=1S/C17H16BrNOS/c18-14-8-10-15(11-9-14)21-17(13-5-2-1-3-6-13)19-12-4-7-16(19)20/h1-3,5-6,8-11,17H,4,7,12H2. The van der Waals surface area contributed by atoms with Crippen molar-refractivity contribution in [2.24, 2.45) is 0 Å². The first-order chi connectivity index (χ1) is 10.2. The van der Waals surface area contributed by atoms with Gasteiger partial charge in [0, 0.05) is 22.3 Å². The highest BCUT2D eigenvalue weighted by Crippen LogP contribution is 2.40. The molecule has 1 saturated heterocycles. The summed E-state index contributed by atoms with van der Waals surface area (Å²) in [7, 11) is 0. The molecule has 108 valence electrons. The molecule has 21 heavy (non-hydrogen) atoms. The zero-order valence-electron chi connectivity index (χ0n) is 11.5. The lowest BCUT2D eigenvalue weighted by Gasteiger charge is -2.27. The molecule has 1 fully saturated rings. The number of thioether (sulfide) groups is 1. The van der Waals surface area contributed by atoms with Crippen LogP contribution in [0, 0.1) is 0 Å². The third kappa shape index (κ3) is 3.50. The second-order valence-electron chi connectivity index (χ2n) is 5.03. The smallest absolute Gasteiger partial charge is 0.223 e. The molecular formula is C17H16BrNOS. The number of hydrogen-bond donors (Lipinski definition) is 0. The predicted molar refractivity (Wildman–Crippen MR) is 90.1 cm³/mol. The number of hydrogen-bond acceptors (Lipinski definition) is 2. The molecule has 0 radical (unpaired) electrons. The zero-order chi connectivity index (χ0) is 14.7. The Morgan fingerprint density at radius 3 is 2.38 bits per heavy atom. The van der Waals surface area contributed by atoms with Crippen LogP contribution in [0.1, 0.15) is 23.8 Å². The fourth-order valence-corrected chi connectivity index (χ4v) is 3.95. The third-order valence-electron chi connectivity index (χ3n) is 3.54. The molecule has 1 unspecified atom stereocenters. The SMILES string of the molecule is O=C1CCCN1C(Sc1ccc(Br)cc1)c1ccccc1. The van der Waals surface area contributed by atoms with Gasteiger partial charge in [0.2, 0.25) is 5.91 Å². The molecule has 2 aromatic rings. The van der Waals surface area contributed by atoms with Gasteiger partial charge in [-0.2, -0.15) is 0 Å². The molecule has 0 saturated carbocycles. The molecule has 1 atom stereocenters. The Kier molecular flexibility index (Phi) is 4.66. The summed E-state index contributed by atoms with van der Waals surface area (Å²) >= 11 is 5.19. The lowest BCUT2D eigenvalue weighted by Crippen LogP contribution is -2.27. The van der Waals surface area contributed by atoms with Crippen molar-refractivity contribution < 1.29 is 4.79 Å². The molecule has 0 aromatic heterocycles. The molecule has 0 spiro atoms. The average Bonchev–Trinajstić information content (AvgIpc) is 2.93. The van der Waals surface area contributed by atoms with Gasteiger partial charge in [-0.3, -0.25) is 4.79 Å². The Balaban J connectivity index is 1.88. The van der Waals surface area contributed by atoms with Crippen LogP contribution in [-0.2, 0) is 4.79 Å². The number of carbonyl (C=O) groups excluding carboxylic acids is 1. The first-order valence-corrected chi connectivity index (χ1v) is 8.68. The summed E-state index contributed by atoms with van der Waals surface area (Å²) in [4.78, 5) is 15.3. The summed E-state index contributed by atoms with van der Waals surface area (Å²) in [5, 5.41) is 0.0578. The first kappa shape index (κ1) is 14.7. The van der Waals surface area contributed by atoms with E-state index in [0.717, 1.165) is 17.4 Å². The van der Waals surface area contributed by atoms with Crippen LogP contribution >= 0.6 is 27.7 Å². The Bertz CT molecular complexity index is 614. The van der Waals surface area contributed by atoms with Gasteiger partial charge in [0.25, 0.3) is 0 Å². The Labute approximate surface area is 137 Å². The molecule has 4 heteroatoms. The fraction of sp³-hybridized carbons (Fsp3) is 0.235. The molecule has 2 aromatic carbocycles. The average molecular weight is 362 g/mol. The topological polar surface area (TPSA) is 20.3 Å². The lowest BCUT2D eigenvalue weighted by atomic mass is 10.2. The van der Waals surface area contributed by atoms with Crippen LogP contribution in [-0.4, -0.2) is 17.4 Å². The Morgan fingerprint density at radius 1 is 1.05 bits per heavy atom. The Hall–Kier alpha value is -1.26. The van der Waals surface area contributed by atoms with Gasteiger partial charge in [-0.25, -0.2) is 0 Å². The fourth-order valence-electron chi connectivity index (χ4n) is 2.49. The zero-order valence-corrected chi connectivity index (χ0v) is 13.9. The highest BCUT2D eigenvalue weighted by atomic mass is 79.9. The van der Waals surface area contributed by atoms with Crippen molar-refractivity contribution in [1.82, 2.24) is 4.90 Å². The molecule has 2 nitrogen and oxygen atoms in total. The maximum Gasteiger partial charge on any atom is 0.223 e. The maximum atomic E-state index is 12.1. The van der Waals surface area contributed by atoms with Crippen LogP contribution in [0.5, 0.6) is 0 Å². The number of halogens is 1. The van der Waals surface area contributed by atoms with E-state index in [2.05, 4.69) is 40.2 Å². The van der Waals surface area contributed by atoms with Gasteiger partial charge in [0.15, 0.2) is 0 Å². The molecule has 1 aliphatic rings. The van der Waals surface area contributed by atoms with Gasteiger partial charge < -0.3 is 4.90 Å². The van der Waals surface area contributed by atoms with Gasteiger partial charge in [-0.05, 0) is 36.2 Å². The third-order valence-corrected chi connectivity index (χ3v) is 5.36.